The van der Waals surface area contributed by atoms with E-state index in [0.717, 1.165) is 13.1 Å². The molecule has 2 heterocycles. The van der Waals surface area contributed by atoms with Crippen LogP contribution in [0.2, 0.25) is 5.02 Å². The summed E-state index contributed by atoms with van der Waals surface area (Å²) in [5.74, 6) is 0.144. The maximum Gasteiger partial charge on any atom is 0.227 e. The molecule has 2 fully saturated rings. The molecule has 0 aromatic heterocycles. The van der Waals surface area contributed by atoms with Gasteiger partial charge in [0.1, 0.15) is 0 Å². The number of para-hydroxylation sites is 1. The molecule has 0 bridgehead atoms. The first-order chi connectivity index (χ1) is 10.1. The van der Waals surface area contributed by atoms with Crippen molar-refractivity contribution in [1.29, 1.82) is 0 Å². The molecule has 6 heteroatoms. The molecule has 3 rings (SSSR count). The Labute approximate surface area is 128 Å². The summed E-state index contributed by atoms with van der Waals surface area (Å²) in [4.78, 5) is 25.9. The van der Waals surface area contributed by atoms with Crippen LogP contribution in [0.5, 0.6) is 0 Å². The van der Waals surface area contributed by atoms with E-state index in [1.165, 1.54) is 0 Å². The second-order valence-electron chi connectivity index (χ2n) is 5.63. The van der Waals surface area contributed by atoms with Crippen molar-refractivity contribution in [3.8, 4) is 0 Å². The van der Waals surface area contributed by atoms with Crippen molar-refractivity contribution in [2.45, 2.75) is 6.42 Å². The number of nitrogens with one attached hydrogen (secondary N) is 2. The van der Waals surface area contributed by atoms with Crippen molar-refractivity contribution < 1.29 is 9.59 Å². The number of amides is 2. The van der Waals surface area contributed by atoms with E-state index in [9.17, 15) is 9.59 Å². The molecular formula is C15H18ClN3O2. The van der Waals surface area contributed by atoms with Crippen LogP contribution in [0.25, 0.3) is 0 Å². The summed E-state index contributed by atoms with van der Waals surface area (Å²) in [6, 6.07) is 7.22. The first-order valence-corrected chi connectivity index (χ1v) is 7.56. The largest absolute Gasteiger partial charge is 0.355 e. The normalized spacial score (nSPS) is 22.2. The number of hydrogen-bond acceptors (Lipinski definition) is 3. The topological polar surface area (TPSA) is 61.4 Å². The lowest BCUT2D eigenvalue weighted by molar-refractivity contribution is -0.126. The van der Waals surface area contributed by atoms with Crippen LogP contribution in [-0.2, 0) is 9.59 Å². The fourth-order valence-corrected chi connectivity index (χ4v) is 2.91. The van der Waals surface area contributed by atoms with Gasteiger partial charge in [0, 0.05) is 38.5 Å². The van der Waals surface area contributed by atoms with Gasteiger partial charge in [0.2, 0.25) is 11.8 Å². The summed E-state index contributed by atoms with van der Waals surface area (Å²) < 4.78 is 0. The van der Waals surface area contributed by atoms with Crippen LogP contribution in [0, 0.1) is 11.8 Å². The number of benzene rings is 1. The fraction of sp³-hybridized carbons (Fsp3) is 0.467. The molecule has 1 unspecified atom stereocenters. The minimum Gasteiger partial charge on any atom is -0.355 e. The van der Waals surface area contributed by atoms with Crippen molar-refractivity contribution in [3.63, 3.8) is 0 Å². The van der Waals surface area contributed by atoms with Gasteiger partial charge in [-0.05, 0) is 12.1 Å². The monoisotopic (exact) mass is 307 g/mol. The van der Waals surface area contributed by atoms with E-state index < -0.39 is 0 Å². The lowest BCUT2D eigenvalue weighted by Gasteiger charge is -2.27. The third-order valence-electron chi connectivity index (χ3n) is 4.07. The van der Waals surface area contributed by atoms with Gasteiger partial charge in [-0.2, -0.15) is 0 Å². The summed E-state index contributed by atoms with van der Waals surface area (Å²) in [7, 11) is 0. The molecule has 0 radical (unpaired) electrons. The van der Waals surface area contributed by atoms with Crippen LogP contribution in [0.15, 0.2) is 24.3 Å². The van der Waals surface area contributed by atoms with Crippen molar-refractivity contribution in [2.24, 2.45) is 11.8 Å². The Hall–Kier alpha value is -1.59. The third kappa shape index (κ3) is 3.04. The highest BCUT2D eigenvalue weighted by atomic mass is 35.5. The number of halogens is 1. The maximum absolute atomic E-state index is 12.2. The molecule has 112 valence electrons. The lowest BCUT2D eigenvalue weighted by Crippen LogP contribution is -2.49. The average molecular weight is 308 g/mol. The Balaban J connectivity index is 1.61. The minimum atomic E-state index is -0.290. The molecule has 1 aromatic rings. The van der Waals surface area contributed by atoms with E-state index in [-0.39, 0.29) is 24.2 Å². The van der Waals surface area contributed by atoms with Crippen molar-refractivity contribution in [3.05, 3.63) is 29.3 Å². The zero-order chi connectivity index (χ0) is 14.8. The van der Waals surface area contributed by atoms with Gasteiger partial charge in [0.25, 0.3) is 0 Å². The number of hydrogen-bond donors (Lipinski definition) is 2. The molecule has 2 aliphatic rings. The first-order valence-electron chi connectivity index (χ1n) is 7.18. The van der Waals surface area contributed by atoms with E-state index in [1.807, 2.05) is 12.1 Å². The summed E-state index contributed by atoms with van der Waals surface area (Å²) in [6.07, 6.45) is 0.250. The Morgan fingerprint density at radius 1 is 1.38 bits per heavy atom. The summed E-state index contributed by atoms with van der Waals surface area (Å²) in [5, 5.41) is 6.65. The highest BCUT2D eigenvalue weighted by Crippen LogP contribution is 2.30. The second-order valence-corrected chi connectivity index (χ2v) is 6.03. The summed E-state index contributed by atoms with van der Waals surface area (Å²) in [5.41, 5.74) is 0.683. The molecule has 5 nitrogen and oxygen atoms in total. The average Bonchev–Trinajstić information content (AvgIpc) is 2.79. The van der Waals surface area contributed by atoms with Crippen molar-refractivity contribution in [2.75, 3.05) is 31.1 Å². The molecule has 2 saturated heterocycles. The smallest absolute Gasteiger partial charge is 0.227 e. The molecular weight excluding hydrogens is 290 g/mol. The van der Waals surface area contributed by atoms with Gasteiger partial charge in [0.05, 0.1) is 16.6 Å². The Morgan fingerprint density at radius 3 is 2.81 bits per heavy atom. The number of carbonyl (C=O) groups is 2. The Bertz CT molecular complexity index is 560. The van der Waals surface area contributed by atoms with Gasteiger partial charge in [-0.15, -0.1) is 0 Å². The standard InChI is InChI=1S/C15H18ClN3O2/c16-12-3-1-2-4-13(12)19-9-11(5-14(19)20)15(21)18-8-10-6-17-7-10/h1-4,10-11,17H,5-9H2,(H,18,21). The van der Waals surface area contributed by atoms with E-state index in [2.05, 4.69) is 10.6 Å². The van der Waals surface area contributed by atoms with Crippen LogP contribution in [0.4, 0.5) is 5.69 Å². The van der Waals surface area contributed by atoms with E-state index in [4.69, 9.17) is 11.6 Å². The molecule has 1 aromatic carbocycles. The molecule has 0 aliphatic carbocycles. The van der Waals surface area contributed by atoms with Gasteiger partial charge in [-0.1, -0.05) is 23.7 Å². The van der Waals surface area contributed by atoms with Crippen LogP contribution in [0.3, 0.4) is 0 Å². The van der Waals surface area contributed by atoms with E-state index in [1.54, 1.807) is 17.0 Å². The molecule has 2 amide bonds. The fourth-order valence-electron chi connectivity index (χ4n) is 2.67. The van der Waals surface area contributed by atoms with Crippen LogP contribution in [0.1, 0.15) is 6.42 Å². The SMILES string of the molecule is O=C(NCC1CNC1)C1CC(=O)N(c2ccccc2Cl)C1. The highest BCUT2D eigenvalue weighted by molar-refractivity contribution is 6.33. The quantitative estimate of drug-likeness (QED) is 0.873. The van der Waals surface area contributed by atoms with Crippen LogP contribution in [-0.4, -0.2) is 38.0 Å². The number of carbonyl (C=O) groups excluding carboxylic acids is 2. The Kier molecular flexibility index (Phi) is 4.12. The summed E-state index contributed by atoms with van der Waals surface area (Å²) in [6.45, 7) is 2.99. The predicted molar refractivity (Wildman–Crippen MR) is 81.3 cm³/mol. The molecule has 21 heavy (non-hydrogen) atoms. The van der Waals surface area contributed by atoms with Gasteiger partial charge in [-0.3, -0.25) is 9.59 Å². The van der Waals surface area contributed by atoms with Crippen molar-refractivity contribution in [1.82, 2.24) is 10.6 Å². The zero-order valence-corrected chi connectivity index (χ0v) is 12.4. The number of rotatable bonds is 4. The molecule has 0 saturated carbocycles. The van der Waals surface area contributed by atoms with Gasteiger partial charge in [-0.25, -0.2) is 0 Å². The lowest BCUT2D eigenvalue weighted by atomic mass is 10.0. The summed E-state index contributed by atoms with van der Waals surface area (Å²) >= 11 is 6.12. The number of anilines is 1. The minimum absolute atomic E-state index is 0.0372. The molecule has 1 atom stereocenters. The zero-order valence-electron chi connectivity index (χ0n) is 11.6. The van der Waals surface area contributed by atoms with Crippen LogP contribution < -0.4 is 15.5 Å². The van der Waals surface area contributed by atoms with Crippen LogP contribution >= 0.6 is 11.6 Å². The maximum atomic E-state index is 12.2. The Morgan fingerprint density at radius 2 is 2.14 bits per heavy atom. The van der Waals surface area contributed by atoms with Gasteiger partial charge < -0.3 is 15.5 Å². The van der Waals surface area contributed by atoms with Crippen molar-refractivity contribution >= 4 is 29.1 Å². The first kappa shape index (κ1) is 14.4. The second kappa shape index (κ2) is 6.03. The van der Waals surface area contributed by atoms with Gasteiger partial charge in [0.15, 0.2) is 0 Å². The molecule has 0 spiro atoms. The van der Waals surface area contributed by atoms with Gasteiger partial charge >= 0.3 is 0 Å². The molecule has 2 N–H and O–H groups in total. The van der Waals surface area contributed by atoms with E-state index in [0.29, 0.717) is 29.7 Å². The third-order valence-corrected chi connectivity index (χ3v) is 4.39. The van der Waals surface area contributed by atoms with E-state index >= 15 is 0 Å². The predicted octanol–water partition coefficient (Wildman–Crippen LogP) is 1.03. The highest BCUT2D eigenvalue weighted by Gasteiger charge is 2.36. The number of nitrogens with zero attached hydrogens (tertiary/aromatic N) is 1. The molecule has 2 aliphatic heterocycles.